The molecule has 0 saturated carbocycles. The van der Waals surface area contributed by atoms with Crippen LogP contribution in [-0.4, -0.2) is 29.5 Å². The fourth-order valence-electron chi connectivity index (χ4n) is 3.64. The molecule has 4 rings (SSSR count). The molecular formula is C25H21NO4. The lowest BCUT2D eigenvalue weighted by molar-refractivity contribution is 0.143. The van der Waals surface area contributed by atoms with Gasteiger partial charge in [0, 0.05) is 24.4 Å². The topological polar surface area (TPSA) is 78.8 Å². The molecule has 0 aliphatic heterocycles. The molecule has 0 spiro atoms. The van der Waals surface area contributed by atoms with Crippen LogP contribution in [0.4, 0.5) is 4.79 Å². The average molecular weight is 399 g/mol. The second-order valence-electron chi connectivity index (χ2n) is 7.01. The summed E-state index contributed by atoms with van der Waals surface area (Å²) in [6.07, 6.45) is -0.0350. The summed E-state index contributed by atoms with van der Waals surface area (Å²) in [7, 11) is 0. The summed E-state index contributed by atoms with van der Waals surface area (Å²) in [6, 6.07) is 20.8. The van der Waals surface area contributed by atoms with Crippen LogP contribution in [0.15, 0.2) is 66.7 Å². The molecule has 5 heteroatoms. The van der Waals surface area contributed by atoms with Gasteiger partial charge in [-0.15, -0.1) is 0 Å². The van der Waals surface area contributed by atoms with Crippen LogP contribution in [0.25, 0.3) is 11.1 Å². The normalized spacial score (nSPS) is 11.7. The van der Waals surface area contributed by atoms with Crippen molar-refractivity contribution in [3.8, 4) is 34.5 Å². The summed E-state index contributed by atoms with van der Waals surface area (Å²) in [4.78, 5) is 12.1. The second kappa shape index (κ2) is 8.62. The Morgan fingerprint density at radius 2 is 1.60 bits per heavy atom. The van der Waals surface area contributed by atoms with Crippen molar-refractivity contribution in [1.29, 1.82) is 0 Å². The molecule has 0 unspecified atom stereocenters. The zero-order valence-electron chi connectivity index (χ0n) is 16.3. The smallest absolute Gasteiger partial charge is 0.407 e. The number of ether oxygens (including phenoxy) is 1. The van der Waals surface area contributed by atoms with Gasteiger partial charge in [-0.2, -0.15) is 0 Å². The van der Waals surface area contributed by atoms with Crippen molar-refractivity contribution in [2.75, 3.05) is 13.2 Å². The number of benzene rings is 3. The van der Waals surface area contributed by atoms with Gasteiger partial charge in [-0.05, 0) is 40.5 Å². The van der Waals surface area contributed by atoms with E-state index in [1.807, 2.05) is 24.3 Å². The summed E-state index contributed by atoms with van der Waals surface area (Å²) >= 11 is 0. The third kappa shape index (κ3) is 4.08. The molecule has 1 aliphatic carbocycles. The molecule has 0 atom stereocenters. The van der Waals surface area contributed by atoms with E-state index < -0.39 is 6.09 Å². The van der Waals surface area contributed by atoms with E-state index in [1.165, 1.54) is 34.4 Å². The number of aromatic hydroxyl groups is 2. The Bertz CT molecular complexity index is 1100. The van der Waals surface area contributed by atoms with Gasteiger partial charge in [0.15, 0.2) is 11.5 Å². The first-order valence-electron chi connectivity index (χ1n) is 9.73. The minimum Gasteiger partial charge on any atom is -0.504 e. The van der Waals surface area contributed by atoms with Crippen LogP contribution in [0.2, 0.25) is 0 Å². The van der Waals surface area contributed by atoms with Crippen molar-refractivity contribution < 1.29 is 19.7 Å². The Kier molecular flexibility index (Phi) is 5.58. The molecule has 1 amide bonds. The van der Waals surface area contributed by atoms with Crippen LogP contribution in [0.1, 0.15) is 29.0 Å². The maximum Gasteiger partial charge on any atom is 0.407 e. The third-order valence-corrected chi connectivity index (χ3v) is 5.07. The summed E-state index contributed by atoms with van der Waals surface area (Å²) in [5.41, 5.74) is 5.32. The van der Waals surface area contributed by atoms with Gasteiger partial charge >= 0.3 is 6.09 Å². The molecule has 1 aliphatic rings. The van der Waals surface area contributed by atoms with Crippen molar-refractivity contribution in [3.05, 3.63) is 83.4 Å². The van der Waals surface area contributed by atoms with Crippen molar-refractivity contribution >= 4 is 6.09 Å². The highest BCUT2D eigenvalue weighted by Gasteiger charge is 2.28. The minimum absolute atomic E-state index is 0.0325. The van der Waals surface area contributed by atoms with E-state index in [2.05, 4.69) is 41.4 Å². The summed E-state index contributed by atoms with van der Waals surface area (Å²) < 4.78 is 5.47. The molecule has 3 N–H and O–H groups in total. The molecule has 30 heavy (non-hydrogen) atoms. The molecule has 0 heterocycles. The maximum absolute atomic E-state index is 12.1. The number of alkyl carbamates (subject to hydrolysis) is 1. The predicted octanol–water partition coefficient (Wildman–Crippen LogP) is 4.38. The summed E-state index contributed by atoms with van der Waals surface area (Å²) in [5, 5.41) is 21.5. The van der Waals surface area contributed by atoms with E-state index in [0.29, 0.717) is 18.5 Å². The van der Waals surface area contributed by atoms with Crippen molar-refractivity contribution in [1.82, 2.24) is 5.32 Å². The first kappa shape index (κ1) is 19.4. The SMILES string of the molecule is O=C(NCCC#Cc1ccc(O)c(O)c1)OCC1c2ccccc2-c2ccccc21. The lowest BCUT2D eigenvalue weighted by Crippen LogP contribution is -2.26. The first-order chi connectivity index (χ1) is 14.6. The van der Waals surface area contributed by atoms with Crippen molar-refractivity contribution in [2.24, 2.45) is 0 Å². The van der Waals surface area contributed by atoms with Gasteiger partial charge in [0.05, 0.1) is 0 Å². The Hall–Kier alpha value is -3.91. The van der Waals surface area contributed by atoms with E-state index in [1.54, 1.807) is 6.07 Å². The molecule has 5 nitrogen and oxygen atoms in total. The zero-order chi connectivity index (χ0) is 20.9. The lowest BCUT2D eigenvalue weighted by Gasteiger charge is -2.14. The highest BCUT2D eigenvalue weighted by atomic mass is 16.5. The number of phenols is 2. The van der Waals surface area contributed by atoms with Crippen LogP contribution in [-0.2, 0) is 4.74 Å². The van der Waals surface area contributed by atoms with E-state index in [-0.39, 0.29) is 24.0 Å². The number of amides is 1. The number of carbonyl (C=O) groups excluding carboxylic acids is 1. The highest BCUT2D eigenvalue weighted by Crippen LogP contribution is 2.44. The molecular weight excluding hydrogens is 378 g/mol. The Labute approximate surface area is 175 Å². The van der Waals surface area contributed by atoms with Crippen molar-refractivity contribution in [2.45, 2.75) is 12.3 Å². The number of fused-ring (bicyclic) bond motifs is 3. The third-order valence-electron chi connectivity index (χ3n) is 5.07. The number of hydrogen-bond acceptors (Lipinski definition) is 4. The second-order valence-corrected chi connectivity index (χ2v) is 7.01. The fraction of sp³-hybridized carbons (Fsp3) is 0.160. The molecule has 0 saturated heterocycles. The highest BCUT2D eigenvalue weighted by molar-refractivity contribution is 5.79. The summed E-state index contributed by atoms with van der Waals surface area (Å²) in [6.45, 7) is 0.631. The zero-order valence-corrected chi connectivity index (χ0v) is 16.3. The lowest BCUT2D eigenvalue weighted by atomic mass is 9.98. The number of phenolic OH excluding ortho intramolecular Hbond substituents is 2. The van der Waals surface area contributed by atoms with Gasteiger partial charge in [-0.1, -0.05) is 60.4 Å². The first-order valence-corrected chi connectivity index (χ1v) is 9.73. The van der Waals surface area contributed by atoms with Gasteiger partial charge in [-0.25, -0.2) is 4.79 Å². The van der Waals surface area contributed by atoms with Crippen LogP contribution in [0, 0.1) is 11.8 Å². The van der Waals surface area contributed by atoms with Crippen LogP contribution in [0.3, 0.4) is 0 Å². The molecule has 0 bridgehead atoms. The van der Waals surface area contributed by atoms with Crippen LogP contribution >= 0.6 is 0 Å². The molecule has 0 radical (unpaired) electrons. The van der Waals surface area contributed by atoms with Gasteiger partial charge < -0.3 is 20.3 Å². The molecule has 0 aromatic heterocycles. The molecule has 0 fully saturated rings. The van der Waals surface area contributed by atoms with Gasteiger partial charge in [0.25, 0.3) is 0 Å². The Morgan fingerprint density at radius 3 is 2.27 bits per heavy atom. The van der Waals surface area contributed by atoms with Gasteiger partial charge in [-0.3, -0.25) is 0 Å². The van der Waals surface area contributed by atoms with Gasteiger partial charge in [0.2, 0.25) is 0 Å². The maximum atomic E-state index is 12.1. The molecule has 3 aromatic rings. The van der Waals surface area contributed by atoms with Gasteiger partial charge in [0.1, 0.15) is 6.61 Å². The summed E-state index contributed by atoms with van der Waals surface area (Å²) in [5.74, 6) is 5.43. The number of carbonyl (C=O) groups is 1. The number of rotatable bonds is 4. The minimum atomic E-state index is -0.471. The predicted molar refractivity (Wildman–Crippen MR) is 114 cm³/mol. The monoisotopic (exact) mass is 399 g/mol. The van der Waals surface area contributed by atoms with E-state index in [4.69, 9.17) is 4.74 Å². The molecule has 150 valence electrons. The van der Waals surface area contributed by atoms with E-state index >= 15 is 0 Å². The largest absolute Gasteiger partial charge is 0.504 e. The number of hydrogen-bond donors (Lipinski definition) is 3. The van der Waals surface area contributed by atoms with E-state index in [9.17, 15) is 15.0 Å². The Balaban J connectivity index is 1.29. The molecule has 3 aromatic carbocycles. The fourth-order valence-corrected chi connectivity index (χ4v) is 3.64. The van der Waals surface area contributed by atoms with Crippen LogP contribution < -0.4 is 5.32 Å². The Morgan fingerprint density at radius 1 is 0.933 bits per heavy atom. The standard InChI is InChI=1S/C25H21NO4/c27-23-13-12-17(15-24(23)28)7-5-6-14-26-25(29)30-16-22-20-10-3-1-8-18(20)19-9-2-4-11-21(19)22/h1-4,8-13,15,22,27-28H,6,14,16H2,(H,26,29). The van der Waals surface area contributed by atoms with Crippen LogP contribution in [0.5, 0.6) is 11.5 Å². The van der Waals surface area contributed by atoms with E-state index in [0.717, 1.165) is 0 Å². The quantitative estimate of drug-likeness (QED) is 0.346. The average Bonchev–Trinajstić information content (AvgIpc) is 3.08. The van der Waals surface area contributed by atoms with Crippen molar-refractivity contribution in [3.63, 3.8) is 0 Å². The number of nitrogens with one attached hydrogen (secondary N) is 1.